The topological polar surface area (TPSA) is 51.2 Å². The molecule has 0 atom stereocenters. The molecule has 0 aliphatic rings. The Bertz CT molecular complexity index is 1050. The highest BCUT2D eigenvalue weighted by Crippen LogP contribution is 2.30. The predicted molar refractivity (Wildman–Crippen MR) is 88.8 cm³/mol. The molecule has 0 saturated heterocycles. The smallest absolute Gasteiger partial charge is 0.155 e. The molecule has 0 fully saturated rings. The van der Waals surface area contributed by atoms with Gasteiger partial charge in [-0.1, -0.05) is 18.2 Å². The van der Waals surface area contributed by atoms with Crippen LogP contribution in [0.15, 0.2) is 59.0 Å². The predicted octanol–water partition coefficient (Wildman–Crippen LogP) is 4.12. The molecule has 1 N–H and O–H groups in total. The third-order valence-corrected chi connectivity index (χ3v) is 4.04. The van der Waals surface area contributed by atoms with Crippen LogP contribution in [-0.4, -0.2) is 14.9 Å². The Labute approximate surface area is 141 Å². The molecule has 0 unspecified atom stereocenters. The summed E-state index contributed by atoms with van der Waals surface area (Å²) in [5.41, 5.74) is 1.52. The van der Waals surface area contributed by atoms with E-state index in [0.29, 0.717) is 33.7 Å². The van der Waals surface area contributed by atoms with E-state index in [4.69, 9.17) is 9.52 Å². The average molecular weight is 340 g/mol. The van der Waals surface area contributed by atoms with Crippen LogP contribution in [0.4, 0.5) is 8.78 Å². The lowest BCUT2D eigenvalue weighted by atomic mass is 10.1. The van der Waals surface area contributed by atoms with Crippen molar-refractivity contribution in [1.29, 1.82) is 0 Å². The van der Waals surface area contributed by atoms with Crippen LogP contribution in [0.3, 0.4) is 0 Å². The molecule has 6 heteroatoms. The number of aliphatic hydroxyl groups excluding tert-OH is 1. The van der Waals surface area contributed by atoms with Crippen molar-refractivity contribution >= 4 is 10.9 Å². The summed E-state index contributed by atoms with van der Waals surface area (Å²) < 4.78 is 34.8. The summed E-state index contributed by atoms with van der Waals surface area (Å²) in [5.74, 6) is 0.135. The van der Waals surface area contributed by atoms with Gasteiger partial charge in [-0.05, 0) is 36.4 Å². The average Bonchev–Trinajstić information content (AvgIpc) is 3.21. The zero-order valence-corrected chi connectivity index (χ0v) is 13.1. The Balaban J connectivity index is 1.86. The fraction of sp³-hybridized carbons (Fsp3) is 0.105. The van der Waals surface area contributed by atoms with Crippen molar-refractivity contribution in [2.24, 2.45) is 0 Å². The van der Waals surface area contributed by atoms with Gasteiger partial charge in [-0.2, -0.15) is 5.10 Å². The minimum Gasteiger partial charge on any atom is -0.457 e. The van der Waals surface area contributed by atoms with Crippen molar-refractivity contribution in [2.75, 3.05) is 0 Å². The first-order valence-electron chi connectivity index (χ1n) is 7.75. The maximum Gasteiger partial charge on any atom is 0.155 e. The van der Waals surface area contributed by atoms with E-state index in [0.717, 1.165) is 0 Å². The van der Waals surface area contributed by atoms with Crippen LogP contribution in [-0.2, 0) is 13.2 Å². The number of aromatic nitrogens is 2. The number of halogens is 2. The Morgan fingerprint density at radius 1 is 1.04 bits per heavy atom. The Morgan fingerprint density at radius 3 is 2.64 bits per heavy atom. The van der Waals surface area contributed by atoms with Gasteiger partial charge in [0.2, 0.25) is 0 Å². The molecule has 2 aromatic carbocycles. The largest absolute Gasteiger partial charge is 0.457 e. The number of rotatable bonds is 4. The number of aliphatic hydroxyl groups is 1. The summed E-state index contributed by atoms with van der Waals surface area (Å²) in [6.07, 6.45) is 0. The van der Waals surface area contributed by atoms with Crippen molar-refractivity contribution in [2.45, 2.75) is 13.2 Å². The van der Waals surface area contributed by atoms with Crippen LogP contribution in [0.2, 0.25) is 0 Å². The molecular weight excluding hydrogens is 326 g/mol. The third-order valence-electron chi connectivity index (χ3n) is 4.04. The van der Waals surface area contributed by atoms with Crippen molar-refractivity contribution in [1.82, 2.24) is 9.78 Å². The molecule has 0 amide bonds. The molecule has 2 heterocycles. The minimum atomic E-state index is -0.399. The quantitative estimate of drug-likeness (QED) is 0.608. The van der Waals surface area contributed by atoms with Gasteiger partial charge >= 0.3 is 0 Å². The lowest BCUT2D eigenvalue weighted by Crippen LogP contribution is -2.03. The van der Waals surface area contributed by atoms with E-state index >= 15 is 0 Å². The molecule has 0 aliphatic carbocycles. The first-order valence-corrected chi connectivity index (χ1v) is 7.75. The minimum absolute atomic E-state index is 0.167. The third kappa shape index (κ3) is 2.81. The fourth-order valence-electron chi connectivity index (χ4n) is 2.83. The second-order valence-electron chi connectivity index (χ2n) is 5.68. The summed E-state index contributed by atoms with van der Waals surface area (Å²) in [6.45, 7) is -0.0529. The van der Waals surface area contributed by atoms with E-state index < -0.39 is 5.82 Å². The first-order chi connectivity index (χ1) is 12.2. The van der Waals surface area contributed by atoms with E-state index in [1.165, 1.54) is 18.2 Å². The molecule has 4 rings (SSSR count). The molecule has 0 aliphatic heterocycles. The molecule has 0 radical (unpaired) electrons. The molecule has 0 bridgehead atoms. The fourth-order valence-corrected chi connectivity index (χ4v) is 2.83. The van der Waals surface area contributed by atoms with Crippen LogP contribution < -0.4 is 0 Å². The number of benzene rings is 2. The zero-order chi connectivity index (χ0) is 17.4. The van der Waals surface area contributed by atoms with E-state index in [1.54, 1.807) is 41.1 Å². The summed E-state index contributed by atoms with van der Waals surface area (Å²) >= 11 is 0. The van der Waals surface area contributed by atoms with E-state index in [-0.39, 0.29) is 19.0 Å². The van der Waals surface area contributed by atoms with E-state index in [1.807, 2.05) is 0 Å². The Hall–Kier alpha value is -2.99. The van der Waals surface area contributed by atoms with Gasteiger partial charge < -0.3 is 9.52 Å². The van der Waals surface area contributed by atoms with Gasteiger partial charge in [0.15, 0.2) is 5.76 Å². The number of fused-ring (bicyclic) bond motifs is 1. The molecule has 2 aromatic heterocycles. The van der Waals surface area contributed by atoms with Crippen LogP contribution in [0, 0.1) is 11.6 Å². The monoisotopic (exact) mass is 340 g/mol. The summed E-state index contributed by atoms with van der Waals surface area (Å²) in [5, 5.41) is 14.4. The van der Waals surface area contributed by atoms with Gasteiger partial charge in [-0.15, -0.1) is 0 Å². The number of nitrogens with zero attached hydrogens (tertiary/aromatic N) is 2. The maximum absolute atomic E-state index is 14.0. The summed E-state index contributed by atoms with van der Waals surface area (Å²) in [6, 6.07) is 14.1. The van der Waals surface area contributed by atoms with Gasteiger partial charge in [0.05, 0.1) is 12.1 Å². The SMILES string of the molecule is OCc1ccc(-c2nn(Cc3ccccc3F)c3cc(F)ccc23)o1. The maximum atomic E-state index is 14.0. The van der Waals surface area contributed by atoms with Crippen LogP contribution in [0.25, 0.3) is 22.4 Å². The van der Waals surface area contributed by atoms with Gasteiger partial charge in [-0.3, -0.25) is 4.68 Å². The normalized spacial score (nSPS) is 11.3. The van der Waals surface area contributed by atoms with Gasteiger partial charge in [0.25, 0.3) is 0 Å². The molecule has 0 saturated carbocycles. The standard InChI is InChI=1S/C19H14F2N2O2/c20-13-5-7-15-17(9-13)23(10-12-3-1-2-4-16(12)21)22-19(15)18-8-6-14(11-24)25-18/h1-9,24H,10-11H2. The molecular formula is C19H14F2N2O2. The van der Waals surface area contributed by atoms with Gasteiger partial charge in [0, 0.05) is 10.9 Å². The zero-order valence-electron chi connectivity index (χ0n) is 13.1. The highest BCUT2D eigenvalue weighted by molar-refractivity contribution is 5.92. The van der Waals surface area contributed by atoms with Crippen molar-refractivity contribution < 1.29 is 18.3 Å². The molecule has 0 spiro atoms. The van der Waals surface area contributed by atoms with Gasteiger partial charge in [-0.25, -0.2) is 8.78 Å². The second kappa shape index (κ2) is 6.14. The van der Waals surface area contributed by atoms with E-state index in [9.17, 15) is 8.78 Å². The second-order valence-corrected chi connectivity index (χ2v) is 5.68. The number of hydrogen-bond donors (Lipinski definition) is 1. The lowest BCUT2D eigenvalue weighted by Gasteiger charge is -2.05. The van der Waals surface area contributed by atoms with Crippen LogP contribution in [0.1, 0.15) is 11.3 Å². The Morgan fingerprint density at radius 2 is 1.88 bits per heavy atom. The van der Waals surface area contributed by atoms with Gasteiger partial charge in [0.1, 0.15) is 29.7 Å². The number of furan rings is 1. The molecule has 25 heavy (non-hydrogen) atoms. The van der Waals surface area contributed by atoms with Crippen LogP contribution in [0.5, 0.6) is 0 Å². The lowest BCUT2D eigenvalue weighted by molar-refractivity contribution is 0.248. The van der Waals surface area contributed by atoms with E-state index in [2.05, 4.69) is 5.10 Å². The highest BCUT2D eigenvalue weighted by Gasteiger charge is 2.17. The van der Waals surface area contributed by atoms with Crippen molar-refractivity contribution in [3.05, 3.63) is 77.6 Å². The first kappa shape index (κ1) is 15.5. The van der Waals surface area contributed by atoms with Crippen molar-refractivity contribution in [3.8, 4) is 11.5 Å². The molecule has 126 valence electrons. The Kier molecular flexibility index (Phi) is 3.82. The highest BCUT2D eigenvalue weighted by atomic mass is 19.1. The van der Waals surface area contributed by atoms with Crippen molar-refractivity contribution in [3.63, 3.8) is 0 Å². The molecule has 4 aromatic rings. The number of hydrogen-bond acceptors (Lipinski definition) is 3. The molecule has 4 nitrogen and oxygen atoms in total. The summed E-state index contributed by atoms with van der Waals surface area (Å²) in [4.78, 5) is 0. The van der Waals surface area contributed by atoms with Crippen LogP contribution >= 0.6 is 0 Å². The summed E-state index contributed by atoms with van der Waals surface area (Å²) in [7, 11) is 0.